The number of aromatic amines is 1. The van der Waals surface area contributed by atoms with Crippen LogP contribution in [0.1, 0.15) is 29.0 Å². The van der Waals surface area contributed by atoms with Gasteiger partial charge >= 0.3 is 0 Å². The lowest BCUT2D eigenvalue weighted by Gasteiger charge is -2.45. The Morgan fingerprint density at radius 3 is 2.73 bits per heavy atom. The predicted molar refractivity (Wildman–Crippen MR) is 119 cm³/mol. The van der Waals surface area contributed by atoms with Crippen molar-refractivity contribution in [2.24, 2.45) is 5.92 Å². The van der Waals surface area contributed by atoms with Gasteiger partial charge in [0.15, 0.2) is 0 Å². The molecule has 5 rings (SSSR count). The van der Waals surface area contributed by atoms with Crippen molar-refractivity contribution >= 4 is 32.6 Å². The second kappa shape index (κ2) is 7.38. The fourth-order valence-corrected chi connectivity index (χ4v) is 6.43. The van der Waals surface area contributed by atoms with Crippen molar-refractivity contribution in [2.75, 3.05) is 20.2 Å². The van der Waals surface area contributed by atoms with Crippen LogP contribution in [0.4, 0.5) is 0 Å². The smallest absolute Gasteiger partial charge is 0.296 e. The maximum Gasteiger partial charge on any atom is 0.296 e. The molecule has 0 amide bonds. The predicted octanol–water partition coefficient (Wildman–Crippen LogP) is 4.50. The van der Waals surface area contributed by atoms with Gasteiger partial charge in [-0.3, -0.25) is 4.18 Å². The van der Waals surface area contributed by atoms with Gasteiger partial charge in [0.25, 0.3) is 10.1 Å². The molecule has 1 unspecified atom stereocenters. The summed E-state index contributed by atoms with van der Waals surface area (Å²) in [5, 5.41) is 1.98. The van der Waals surface area contributed by atoms with E-state index in [0.29, 0.717) is 12.0 Å². The molecule has 2 aliphatic rings. The third kappa shape index (κ3) is 3.36. The lowest BCUT2D eigenvalue weighted by Crippen LogP contribution is -2.48. The average Bonchev–Trinajstić information content (AvgIpc) is 3.04. The number of nitrogens with one attached hydrogen (secondary N) is 1. The van der Waals surface area contributed by atoms with Gasteiger partial charge in [-0.05, 0) is 62.1 Å². The van der Waals surface area contributed by atoms with E-state index in [0.717, 1.165) is 35.6 Å². The molecular formula is C23H25ClN2O3S. The number of halogens is 1. The zero-order valence-electron chi connectivity index (χ0n) is 17.1. The molecule has 158 valence electrons. The van der Waals surface area contributed by atoms with Gasteiger partial charge in [-0.15, -0.1) is 0 Å². The van der Waals surface area contributed by atoms with Gasteiger partial charge in [-0.25, -0.2) is 0 Å². The highest BCUT2D eigenvalue weighted by Crippen LogP contribution is 2.46. The lowest BCUT2D eigenvalue weighted by atomic mass is 9.72. The van der Waals surface area contributed by atoms with Crippen LogP contribution < -0.4 is 0 Å². The molecule has 1 fully saturated rings. The molecule has 1 aromatic heterocycles. The summed E-state index contributed by atoms with van der Waals surface area (Å²) >= 11 is 6.49. The van der Waals surface area contributed by atoms with Crippen molar-refractivity contribution in [3.05, 3.63) is 64.3 Å². The van der Waals surface area contributed by atoms with Crippen LogP contribution in [0.25, 0.3) is 10.9 Å². The molecule has 3 aromatic rings. The number of hydrogen-bond acceptors (Lipinski definition) is 4. The van der Waals surface area contributed by atoms with E-state index in [9.17, 15) is 8.42 Å². The number of aromatic nitrogens is 1. The third-order valence-electron chi connectivity index (χ3n) is 6.65. The second-order valence-corrected chi connectivity index (χ2v) is 10.7. The summed E-state index contributed by atoms with van der Waals surface area (Å²) in [6.07, 6.45) is 1.81. The van der Waals surface area contributed by atoms with E-state index in [1.54, 1.807) is 24.3 Å². The maximum atomic E-state index is 12.6. The number of hydrogen-bond donors (Lipinski definition) is 1. The number of likely N-dealkylation sites (tertiary alicyclic amines) is 1. The molecule has 0 bridgehead atoms. The first kappa shape index (κ1) is 20.1. The zero-order valence-corrected chi connectivity index (χ0v) is 18.6. The molecule has 2 heterocycles. The number of rotatable bonds is 4. The molecule has 5 nitrogen and oxygen atoms in total. The Morgan fingerprint density at radius 2 is 1.97 bits per heavy atom. The summed E-state index contributed by atoms with van der Waals surface area (Å²) in [5.41, 5.74) is 4.60. The van der Waals surface area contributed by atoms with Gasteiger partial charge in [0.1, 0.15) is 5.15 Å². The van der Waals surface area contributed by atoms with Gasteiger partial charge in [-0.1, -0.05) is 41.4 Å². The first-order valence-corrected chi connectivity index (χ1v) is 12.1. The summed E-state index contributed by atoms with van der Waals surface area (Å²) in [6, 6.07) is 13.5. The number of benzene rings is 2. The minimum atomic E-state index is -3.75. The molecule has 0 radical (unpaired) electrons. The van der Waals surface area contributed by atoms with Gasteiger partial charge in [-0.2, -0.15) is 8.42 Å². The fourth-order valence-electron chi connectivity index (χ4n) is 5.18. The Balaban J connectivity index is 1.38. The largest absolute Gasteiger partial charge is 0.345 e. The van der Waals surface area contributed by atoms with Crippen LogP contribution in [0, 0.1) is 12.8 Å². The Bertz CT molecular complexity index is 1200. The number of piperidine rings is 1. The van der Waals surface area contributed by atoms with E-state index in [2.05, 4.69) is 35.1 Å². The van der Waals surface area contributed by atoms with Crippen molar-refractivity contribution in [1.82, 2.24) is 9.88 Å². The molecule has 2 aromatic carbocycles. The summed E-state index contributed by atoms with van der Waals surface area (Å²) in [6.45, 7) is 2.93. The van der Waals surface area contributed by atoms with Crippen LogP contribution in [-0.2, 0) is 20.7 Å². The highest BCUT2D eigenvalue weighted by Gasteiger charge is 2.40. The minimum Gasteiger partial charge on any atom is -0.345 e. The lowest BCUT2D eigenvalue weighted by molar-refractivity contribution is 0.0854. The Labute approximate surface area is 182 Å². The molecule has 0 saturated carbocycles. The van der Waals surface area contributed by atoms with Crippen LogP contribution in [0.3, 0.4) is 0 Å². The van der Waals surface area contributed by atoms with Crippen molar-refractivity contribution in [1.29, 1.82) is 0 Å². The first-order chi connectivity index (χ1) is 14.3. The van der Waals surface area contributed by atoms with Crippen LogP contribution in [-0.4, -0.2) is 44.5 Å². The molecule has 1 N–H and O–H groups in total. The Morgan fingerprint density at radius 1 is 1.20 bits per heavy atom. The van der Waals surface area contributed by atoms with Crippen LogP contribution >= 0.6 is 11.6 Å². The van der Waals surface area contributed by atoms with Gasteiger partial charge in [0.2, 0.25) is 0 Å². The van der Waals surface area contributed by atoms with Crippen LogP contribution in [0.2, 0.25) is 5.15 Å². The Hall–Kier alpha value is -1.86. The van der Waals surface area contributed by atoms with Gasteiger partial charge in [0.05, 0.1) is 11.5 Å². The Kier molecular flexibility index (Phi) is 4.93. The van der Waals surface area contributed by atoms with E-state index >= 15 is 0 Å². The van der Waals surface area contributed by atoms with Gasteiger partial charge in [0, 0.05) is 29.4 Å². The molecule has 30 heavy (non-hydrogen) atoms. The van der Waals surface area contributed by atoms with Crippen molar-refractivity contribution in [2.45, 2.75) is 36.6 Å². The topological polar surface area (TPSA) is 62.4 Å². The van der Waals surface area contributed by atoms with E-state index in [-0.39, 0.29) is 17.4 Å². The molecular weight excluding hydrogens is 420 g/mol. The second-order valence-electron chi connectivity index (χ2n) is 8.66. The van der Waals surface area contributed by atoms with E-state index < -0.39 is 10.1 Å². The quantitative estimate of drug-likeness (QED) is 0.602. The molecule has 3 atom stereocenters. The third-order valence-corrected chi connectivity index (χ3v) is 8.27. The number of likely N-dealkylation sites (N-methyl/N-ethyl adjacent to an activating group) is 1. The fraction of sp³-hybridized carbons (Fsp3) is 0.391. The minimum absolute atomic E-state index is 0.141. The van der Waals surface area contributed by atoms with E-state index in [1.165, 1.54) is 16.5 Å². The highest BCUT2D eigenvalue weighted by molar-refractivity contribution is 7.86. The molecule has 0 spiro atoms. The van der Waals surface area contributed by atoms with E-state index in [4.69, 9.17) is 15.8 Å². The molecule has 7 heteroatoms. The summed E-state index contributed by atoms with van der Waals surface area (Å²) in [4.78, 5) is 5.86. The molecule has 1 aliphatic heterocycles. The van der Waals surface area contributed by atoms with Crippen LogP contribution in [0.5, 0.6) is 0 Å². The van der Waals surface area contributed by atoms with Gasteiger partial charge < -0.3 is 9.88 Å². The van der Waals surface area contributed by atoms with E-state index in [1.807, 2.05) is 6.92 Å². The summed E-state index contributed by atoms with van der Waals surface area (Å²) < 4.78 is 30.7. The SMILES string of the molecule is Cc1ccc(S(=O)(=O)OC[C@@H]2CC3c4cccc5[nH]c(Cl)c(c45)C[C@H]3N(C)C2)cc1. The number of nitrogens with zero attached hydrogens (tertiary/aromatic N) is 1. The maximum absolute atomic E-state index is 12.6. The standard InChI is InChI=1S/C23H25ClN2O3S/c1-14-6-8-16(9-7-14)30(27,28)29-13-15-10-18-17-4-3-5-20-22(17)19(23(24)25-20)11-21(18)26(2)12-15/h3-9,15,18,21,25H,10-13H2,1-2H3/t15-,18?,21-/m1/s1. The monoisotopic (exact) mass is 444 g/mol. The summed E-state index contributed by atoms with van der Waals surface area (Å²) in [5.74, 6) is 0.477. The van der Waals surface area contributed by atoms with Crippen molar-refractivity contribution in [3.8, 4) is 0 Å². The number of H-pyrrole nitrogens is 1. The highest BCUT2D eigenvalue weighted by atomic mass is 35.5. The zero-order chi connectivity index (χ0) is 21.0. The number of aryl methyl sites for hydroxylation is 1. The summed E-state index contributed by atoms with van der Waals surface area (Å²) in [7, 11) is -1.63. The van der Waals surface area contributed by atoms with Crippen molar-refractivity contribution in [3.63, 3.8) is 0 Å². The molecule has 1 saturated heterocycles. The van der Waals surface area contributed by atoms with Crippen LogP contribution in [0.15, 0.2) is 47.4 Å². The van der Waals surface area contributed by atoms with Crippen molar-refractivity contribution < 1.29 is 12.6 Å². The molecule has 1 aliphatic carbocycles. The number of fused-ring (bicyclic) bond motifs is 2. The average molecular weight is 445 g/mol. The first-order valence-electron chi connectivity index (χ1n) is 10.3. The normalized spacial score (nSPS) is 24.2.